The van der Waals surface area contributed by atoms with Gasteiger partial charge in [-0.25, -0.2) is 0 Å². The van der Waals surface area contributed by atoms with E-state index in [1.807, 2.05) is 0 Å². The first-order valence-corrected chi connectivity index (χ1v) is 5.38. The molecule has 0 unspecified atom stereocenters. The largest absolute Gasteiger partial charge is 0.573 e. The molecule has 0 spiro atoms. The summed E-state index contributed by atoms with van der Waals surface area (Å²) in [6.45, 7) is 0. The Balaban J connectivity index is 2.65. The number of carbonyl (C=O) groups is 2. The van der Waals surface area contributed by atoms with E-state index < -0.39 is 18.2 Å². The van der Waals surface area contributed by atoms with Crippen molar-refractivity contribution >= 4 is 12.2 Å². The molecule has 2 N–H and O–H groups in total. The number of carbonyl (C=O) groups excluding carboxylic acids is 2. The van der Waals surface area contributed by atoms with E-state index in [2.05, 4.69) is 4.74 Å². The lowest BCUT2D eigenvalue weighted by Gasteiger charge is -2.11. The molecule has 19 heavy (non-hydrogen) atoms. The third-order valence-electron chi connectivity index (χ3n) is 2.31. The zero-order valence-electron chi connectivity index (χ0n) is 9.81. The minimum atomic E-state index is -4.74. The van der Waals surface area contributed by atoms with E-state index in [1.54, 1.807) is 0 Å². The highest BCUT2D eigenvalue weighted by atomic mass is 19.4. The van der Waals surface area contributed by atoms with Gasteiger partial charge in [0.1, 0.15) is 12.0 Å². The normalized spacial score (nSPS) is 12.8. The van der Waals surface area contributed by atoms with Gasteiger partial charge in [0.2, 0.25) is 5.91 Å². The number of ether oxygens (including phenoxy) is 1. The fourth-order valence-electron chi connectivity index (χ4n) is 1.56. The Labute approximate surface area is 107 Å². The summed E-state index contributed by atoms with van der Waals surface area (Å²) in [6.07, 6.45) is -3.99. The van der Waals surface area contributed by atoms with Gasteiger partial charge in [-0.15, -0.1) is 13.2 Å². The first-order chi connectivity index (χ1) is 8.80. The molecule has 1 atom stereocenters. The summed E-state index contributed by atoms with van der Waals surface area (Å²) in [5.41, 5.74) is 5.59. The predicted molar refractivity (Wildman–Crippen MR) is 60.2 cm³/mol. The average Bonchev–Trinajstić information content (AvgIpc) is 2.28. The lowest BCUT2D eigenvalue weighted by atomic mass is 9.97. The summed E-state index contributed by atoms with van der Waals surface area (Å²) in [5, 5.41) is 0. The van der Waals surface area contributed by atoms with Crippen LogP contribution in [0.4, 0.5) is 13.2 Å². The number of rotatable bonds is 6. The van der Waals surface area contributed by atoms with Gasteiger partial charge in [-0.05, 0) is 24.1 Å². The summed E-state index contributed by atoms with van der Waals surface area (Å²) in [5.74, 6) is -1.52. The van der Waals surface area contributed by atoms with E-state index in [4.69, 9.17) is 5.73 Å². The molecule has 7 heteroatoms. The molecule has 0 heterocycles. The summed E-state index contributed by atoms with van der Waals surface area (Å²) in [4.78, 5) is 21.4. The van der Waals surface area contributed by atoms with Crippen LogP contribution in [0.1, 0.15) is 12.0 Å². The number of hydrogen-bond donors (Lipinski definition) is 1. The summed E-state index contributed by atoms with van der Waals surface area (Å²) < 4.78 is 39.5. The molecule has 1 amide bonds. The second-order valence-electron chi connectivity index (χ2n) is 3.96. The van der Waals surface area contributed by atoms with Gasteiger partial charge in [0.15, 0.2) is 0 Å². The highest BCUT2D eigenvalue weighted by Crippen LogP contribution is 2.23. The Morgan fingerprint density at radius 3 is 2.32 bits per heavy atom. The lowest BCUT2D eigenvalue weighted by molar-refractivity contribution is -0.274. The van der Waals surface area contributed by atoms with Crippen molar-refractivity contribution in [2.75, 3.05) is 0 Å². The summed E-state index contributed by atoms with van der Waals surface area (Å²) >= 11 is 0. The van der Waals surface area contributed by atoms with Crippen molar-refractivity contribution in [1.29, 1.82) is 0 Å². The molecule has 0 aliphatic rings. The van der Waals surface area contributed by atoms with E-state index in [-0.39, 0.29) is 18.6 Å². The molecule has 0 saturated carbocycles. The molecule has 1 aromatic rings. The Morgan fingerprint density at radius 1 is 1.32 bits per heavy atom. The smallest absolute Gasteiger partial charge is 0.406 e. The zero-order valence-corrected chi connectivity index (χ0v) is 9.81. The van der Waals surface area contributed by atoms with Crippen LogP contribution in [0.5, 0.6) is 5.75 Å². The highest BCUT2D eigenvalue weighted by molar-refractivity contribution is 5.77. The molecule has 0 bridgehead atoms. The molecular weight excluding hydrogens is 263 g/mol. The maximum absolute atomic E-state index is 11.9. The van der Waals surface area contributed by atoms with Gasteiger partial charge < -0.3 is 15.3 Å². The van der Waals surface area contributed by atoms with Gasteiger partial charge >= 0.3 is 6.36 Å². The molecule has 4 nitrogen and oxygen atoms in total. The quantitative estimate of drug-likeness (QED) is 0.805. The maximum Gasteiger partial charge on any atom is 0.573 e. The summed E-state index contributed by atoms with van der Waals surface area (Å²) in [6, 6.07) is 5.10. The number of aldehydes is 1. The first-order valence-electron chi connectivity index (χ1n) is 5.38. The van der Waals surface area contributed by atoms with E-state index in [0.29, 0.717) is 11.8 Å². The van der Waals surface area contributed by atoms with Gasteiger partial charge in [0, 0.05) is 12.3 Å². The number of hydrogen-bond acceptors (Lipinski definition) is 3. The molecule has 0 aromatic heterocycles. The molecule has 1 rings (SSSR count). The minimum absolute atomic E-state index is 0.0930. The number of benzene rings is 1. The molecule has 0 aliphatic carbocycles. The standard InChI is InChI=1S/C12H12F3NO3/c13-12(14,15)19-10-3-1-8(2-4-10)5-9(7-17)6-11(16)18/h1-4,7,9H,5-6H2,(H2,16,18)/t9-/m1/s1. The topological polar surface area (TPSA) is 69.4 Å². The Hall–Kier alpha value is -2.05. The van der Waals surface area contributed by atoms with Crippen molar-refractivity contribution < 1.29 is 27.5 Å². The molecule has 104 valence electrons. The van der Waals surface area contributed by atoms with Crippen LogP contribution in [0.2, 0.25) is 0 Å². The van der Waals surface area contributed by atoms with Gasteiger partial charge in [0.25, 0.3) is 0 Å². The number of amides is 1. The fourth-order valence-corrected chi connectivity index (χ4v) is 1.56. The third-order valence-corrected chi connectivity index (χ3v) is 2.31. The van der Waals surface area contributed by atoms with E-state index in [1.165, 1.54) is 12.1 Å². The third kappa shape index (κ3) is 5.89. The van der Waals surface area contributed by atoms with Crippen LogP contribution in [-0.4, -0.2) is 18.6 Å². The number of halogens is 3. The molecule has 0 radical (unpaired) electrons. The highest BCUT2D eigenvalue weighted by Gasteiger charge is 2.30. The van der Waals surface area contributed by atoms with Crippen LogP contribution in [0.3, 0.4) is 0 Å². The van der Waals surface area contributed by atoms with Crippen LogP contribution in [0.25, 0.3) is 0 Å². The lowest BCUT2D eigenvalue weighted by Crippen LogP contribution is -2.19. The van der Waals surface area contributed by atoms with E-state index in [0.717, 1.165) is 12.1 Å². The summed E-state index contributed by atoms with van der Waals surface area (Å²) in [7, 11) is 0. The van der Waals surface area contributed by atoms with Gasteiger partial charge in [0.05, 0.1) is 0 Å². The van der Waals surface area contributed by atoms with Crippen LogP contribution in [0.15, 0.2) is 24.3 Å². The Bertz CT molecular complexity index is 443. The fraction of sp³-hybridized carbons (Fsp3) is 0.333. The van der Waals surface area contributed by atoms with Gasteiger partial charge in [-0.2, -0.15) is 0 Å². The second-order valence-corrected chi connectivity index (χ2v) is 3.96. The van der Waals surface area contributed by atoms with E-state index >= 15 is 0 Å². The van der Waals surface area contributed by atoms with Crippen LogP contribution >= 0.6 is 0 Å². The first kappa shape index (κ1) is 15.0. The van der Waals surface area contributed by atoms with Crippen LogP contribution in [0, 0.1) is 5.92 Å². The second kappa shape index (κ2) is 6.21. The zero-order chi connectivity index (χ0) is 14.5. The number of nitrogens with two attached hydrogens (primary N) is 1. The van der Waals surface area contributed by atoms with Crippen molar-refractivity contribution in [1.82, 2.24) is 0 Å². The Morgan fingerprint density at radius 2 is 1.89 bits per heavy atom. The van der Waals surface area contributed by atoms with Crippen LogP contribution < -0.4 is 10.5 Å². The minimum Gasteiger partial charge on any atom is -0.406 e. The van der Waals surface area contributed by atoms with Crippen molar-refractivity contribution in [3.63, 3.8) is 0 Å². The SMILES string of the molecule is NC(=O)C[C@H](C=O)Cc1ccc(OC(F)(F)F)cc1. The average molecular weight is 275 g/mol. The molecule has 0 saturated heterocycles. The van der Waals surface area contributed by atoms with E-state index in [9.17, 15) is 22.8 Å². The monoisotopic (exact) mass is 275 g/mol. The maximum atomic E-state index is 11.9. The Kier molecular flexibility index (Phi) is 4.91. The van der Waals surface area contributed by atoms with Crippen molar-refractivity contribution in [3.05, 3.63) is 29.8 Å². The van der Waals surface area contributed by atoms with Gasteiger partial charge in [-0.3, -0.25) is 4.79 Å². The predicted octanol–water partition coefficient (Wildman–Crippen LogP) is 1.82. The van der Waals surface area contributed by atoms with Crippen molar-refractivity contribution in [2.45, 2.75) is 19.2 Å². The molecule has 1 aromatic carbocycles. The van der Waals surface area contributed by atoms with Crippen molar-refractivity contribution in [2.24, 2.45) is 11.7 Å². The van der Waals surface area contributed by atoms with Crippen LogP contribution in [-0.2, 0) is 16.0 Å². The molecule has 0 fully saturated rings. The molecular formula is C12H12F3NO3. The van der Waals surface area contributed by atoms with Gasteiger partial charge in [-0.1, -0.05) is 12.1 Å². The van der Waals surface area contributed by atoms with Crippen molar-refractivity contribution in [3.8, 4) is 5.75 Å². The molecule has 0 aliphatic heterocycles. The number of alkyl halides is 3. The number of primary amides is 1.